The second kappa shape index (κ2) is 12.5. The van der Waals surface area contributed by atoms with Crippen LogP contribution < -0.4 is 0 Å². The quantitative estimate of drug-likeness (QED) is 0.146. The first-order valence-corrected chi connectivity index (χ1v) is 21.1. The standard InChI is InChI=1S/C38H60O8Si/c1-11-30-25(4)16-17-36(44-30)21-28-20-27(43-36)14-12-23(2)18-24(3)13-15-31-37(45-31)22-41-33-32(46-47(9,10)35(6,7)8)26(5)19-29(34(39)42-28)38(33,37)40/h12-13,15,19,24-25,27-33,40H,11,14,16-18,20-22H2,1-10H3/b15-13?,23-12-/t24-,25-,27+,28-,29-,30+,31-,32+,33+,36+,37-,38+/m0/s1. The lowest BCUT2D eigenvalue weighted by Crippen LogP contribution is -2.65. The first-order chi connectivity index (χ1) is 21.9. The lowest BCUT2D eigenvalue weighted by Gasteiger charge is -2.50. The minimum Gasteiger partial charge on any atom is -0.462 e. The Bertz CT molecular complexity index is 1300. The predicted octanol–water partition coefficient (Wildman–Crippen LogP) is 7.17. The molecule has 264 valence electrons. The van der Waals surface area contributed by atoms with Crippen molar-refractivity contribution < 1.29 is 38.0 Å². The third-order valence-corrected chi connectivity index (χ3v) is 17.0. The third kappa shape index (κ3) is 6.29. The summed E-state index contributed by atoms with van der Waals surface area (Å²) in [5.41, 5.74) is -0.531. The summed E-state index contributed by atoms with van der Waals surface area (Å²) >= 11 is 0. The van der Waals surface area contributed by atoms with E-state index in [0.29, 0.717) is 18.8 Å². The Kier molecular flexibility index (Phi) is 9.41. The largest absolute Gasteiger partial charge is 0.462 e. The zero-order chi connectivity index (χ0) is 34.2. The van der Waals surface area contributed by atoms with Crippen LogP contribution in [0, 0.1) is 17.8 Å². The Morgan fingerprint density at radius 3 is 2.53 bits per heavy atom. The van der Waals surface area contributed by atoms with E-state index in [2.05, 4.69) is 79.8 Å². The van der Waals surface area contributed by atoms with Gasteiger partial charge in [-0.15, -0.1) is 0 Å². The highest BCUT2D eigenvalue weighted by atomic mass is 28.4. The first-order valence-electron chi connectivity index (χ1n) is 18.2. The van der Waals surface area contributed by atoms with Crippen molar-refractivity contribution >= 4 is 14.3 Å². The molecule has 0 saturated carbocycles. The SMILES string of the molecule is CC[C@H]1O[C@]2(CC[C@@H]1C)C[C@@H]1C[C@@H](C/C=C(/C)C[C@@H](C)C=C[C@@H]3O[C@@]34CO[C@@H]3[C@H](O[Si](C)(C)C(C)(C)C)C(C)=C[C@@H](C(=O)O1)[C@@]34O)O2. The summed E-state index contributed by atoms with van der Waals surface area (Å²) in [5.74, 6) is -1.47. The molecular weight excluding hydrogens is 612 g/mol. The van der Waals surface area contributed by atoms with Crippen LogP contribution in [0.15, 0.2) is 35.5 Å². The van der Waals surface area contributed by atoms with Crippen LogP contribution in [0.4, 0.5) is 0 Å². The van der Waals surface area contributed by atoms with E-state index in [9.17, 15) is 9.90 Å². The predicted molar refractivity (Wildman–Crippen MR) is 183 cm³/mol. The summed E-state index contributed by atoms with van der Waals surface area (Å²) in [6, 6.07) is 0. The number of hydrogen-bond acceptors (Lipinski definition) is 8. The Morgan fingerprint density at radius 1 is 1.09 bits per heavy atom. The van der Waals surface area contributed by atoms with Crippen LogP contribution in [-0.2, 0) is 32.9 Å². The fourth-order valence-corrected chi connectivity index (χ4v) is 9.88. The Morgan fingerprint density at radius 2 is 1.83 bits per heavy atom. The summed E-state index contributed by atoms with van der Waals surface area (Å²) in [4.78, 5) is 14.5. The number of allylic oxidation sites excluding steroid dienone is 2. The second-order valence-corrected chi connectivity index (χ2v) is 22.0. The molecule has 2 spiro atoms. The smallest absolute Gasteiger partial charge is 0.316 e. The highest BCUT2D eigenvalue weighted by Gasteiger charge is 2.80. The summed E-state index contributed by atoms with van der Waals surface area (Å²) in [6.07, 6.45) is 11.7. The molecule has 4 saturated heterocycles. The zero-order valence-electron chi connectivity index (χ0n) is 30.5. The average Bonchev–Trinajstić information content (AvgIpc) is 3.62. The van der Waals surface area contributed by atoms with E-state index < -0.39 is 55.5 Å². The monoisotopic (exact) mass is 672 g/mol. The van der Waals surface area contributed by atoms with E-state index >= 15 is 0 Å². The normalized spacial score (nSPS) is 47.0. The molecule has 5 heterocycles. The summed E-state index contributed by atoms with van der Waals surface area (Å²) < 4.78 is 39.9. The molecular formula is C38H60O8Si. The van der Waals surface area contributed by atoms with Gasteiger partial charge in [-0.25, -0.2) is 0 Å². The third-order valence-electron chi connectivity index (χ3n) is 12.5. The van der Waals surface area contributed by atoms with Crippen molar-refractivity contribution in [3.05, 3.63) is 35.5 Å². The number of hydrogen-bond donors (Lipinski definition) is 1. The highest BCUT2D eigenvalue weighted by molar-refractivity contribution is 6.74. The molecule has 5 aliphatic heterocycles. The highest BCUT2D eigenvalue weighted by Crippen LogP contribution is 2.60. The van der Waals surface area contributed by atoms with Gasteiger partial charge in [-0.3, -0.25) is 4.79 Å². The second-order valence-electron chi connectivity index (χ2n) is 17.3. The molecule has 0 amide bonds. The van der Waals surface area contributed by atoms with Gasteiger partial charge in [0, 0.05) is 19.3 Å². The fourth-order valence-electron chi connectivity index (χ4n) is 8.59. The summed E-state index contributed by atoms with van der Waals surface area (Å²) in [6.45, 7) is 22.0. The van der Waals surface area contributed by atoms with Crippen LogP contribution in [0.3, 0.4) is 0 Å². The van der Waals surface area contributed by atoms with E-state index in [1.165, 1.54) is 5.57 Å². The minimum absolute atomic E-state index is 0.0438. The molecule has 0 unspecified atom stereocenters. The molecule has 0 radical (unpaired) electrons. The van der Waals surface area contributed by atoms with Crippen molar-refractivity contribution in [3.63, 3.8) is 0 Å². The molecule has 2 bridgehead atoms. The molecule has 0 aromatic rings. The van der Waals surface area contributed by atoms with E-state index in [4.69, 9.17) is 28.1 Å². The number of carbonyl (C=O) groups is 1. The van der Waals surface area contributed by atoms with Crippen molar-refractivity contribution in [2.45, 2.75) is 172 Å². The summed E-state index contributed by atoms with van der Waals surface area (Å²) in [7, 11) is -2.27. The molecule has 0 aromatic carbocycles. The molecule has 8 nitrogen and oxygen atoms in total. The van der Waals surface area contributed by atoms with Gasteiger partial charge < -0.3 is 33.2 Å². The number of rotatable bonds is 3. The van der Waals surface area contributed by atoms with Crippen molar-refractivity contribution in [2.75, 3.05) is 6.61 Å². The number of epoxide rings is 1. The minimum atomic E-state index is -2.27. The van der Waals surface area contributed by atoms with E-state index in [0.717, 1.165) is 37.7 Å². The van der Waals surface area contributed by atoms with Gasteiger partial charge in [0.25, 0.3) is 0 Å². The number of ether oxygens (including phenoxy) is 5. The maximum absolute atomic E-state index is 14.5. The maximum Gasteiger partial charge on any atom is 0.316 e. The zero-order valence-corrected chi connectivity index (χ0v) is 31.5. The van der Waals surface area contributed by atoms with Crippen LogP contribution in [0.1, 0.15) is 100 Å². The van der Waals surface area contributed by atoms with Gasteiger partial charge in [0.15, 0.2) is 19.7 Å². The number of aliphatic hydroxyl groups is 1. The number of fused-ring (bicyclic) bond motifs is 2. The van der Waals surface area contributed by atoms with E-state index in [1.807, 2.05) is 13.0 Å². The van der Waals surface area contributed by atoms with Crippen LogP contribution in [0.2, 0.25) is 18.1 Å². The molecule has 0 aromatic heterocycles. The van der Waals surface area contributed by atoms with Crippen LogP contribution in [0.25, 0.3) is 0 Å². The lowest BCUT2D eigenvalue weighted by molar-refractivity contribution is -0.335. The molecule has 6 aliphatic rings. The van der Waals surface area contributed by atoms with Crippen molar-refractivity contribution in [3.8, 4) is 0 Å². The molecule has 9 heteroatoms. The van der Waals surface area contributed by atoms with Gasteiger partial charge in [0.2, 0.25) is 0 Å². The van der Waals surface area contributed by atoms with Gasteiger partial charge in [-0.05, 0) is 75.1 Å². The fraction of sp³-hybridized carbons (Fsp3) is 0.816. The van der Waals surface area contributed by atoms with Gasteiger partial charge in [-0.1, -0.05) is 71.4 Å². The molecule has 4 fully saturated rings. The van der Waals surface area contributed by atoms with E-state index in [1.54, 1.807) is 0 Å². The van der Waals surface area contributed by atoms with Crippen molar-refractivity contribution in [2.24, 2.45) is 17.8 Å². The van der Waals surface area contributed by atoms with Crippen LogP contribution in [0.5, 0.6) is 0 Å². The summed E-state index contributed by atoms with van der Waals surface area (Å²) in [5, 5.41) is 12.9. The molecule has 6 rings (SSSR count). The number of esters is 1. The number of carbonyl (C=O) groups excluding carboxylic acids is 1. The van der Waals surface area contributed by atoms with Crippen molar-refractivity contribution in [1.29, 1.82) is 0 Å². The Balaban J connectivity index is 1.38. The lowest BCUT2D eigenvalue weighted by atomic mass is 9.67. The maximum atomic E-state index is 14.5. The molecule has 1 N–H and O–H groups in total. The molecule has 1 aliphatic carbocycles. The van der Waals surface area contributed by atoms with Crippen molar-refractivity contribution in [1.82, 2.24) is 0 Å². The van der Waals surface area contributed by atoms with Crippen LogP contribution >= 0.6 is 0 Å². The van der Waals surface area contributed by atoms with Gasteiger partial charge in [0.05, 0.1) is 24.9 Å². The topological polar surface area (TPSA) is 96.0 Å². The van der Waals surface area contributed by atoms with E-state index in [-0.39, 0.29) is 35.9 Å². The van der Waals surface area contributed by atoms with Gasteiger partial charge >= 0.3 is 5.97 Å². The Labute approximate surface area is 283 Å². The average molecular weight is 673 g/mol. The molecule has 47 heavy (non-hydrogen) atoms. The Hall–Kier alpha value is -1.33. The molecule has 12 atom stereocenters. The van der Waals surface area contributed by atoms with Gasteiger partial charge in [-0.2, -0.15) is 0 Å². The van der Waals surface area contributed by atoms with Crippen LogP contribution in [-0.4, -0.2) is 79.6 Å². The first kappa shape index (κ1) is 35.5. The van der Waals surface area contributed by atoms with Gasteiger partial charge in [0.1, 0.15) is 29.8 Å².